The van der Waals surface area contributed by atoms with Gasteiger partial charge in [0.2, 0.25) is 10.0 Å². The van der Waals surface area contributed by atoms with Crippen LogP contribution in [0.2, 0.25) is 5.02 Å². The summed E-state index contributed by atoms with van der Waals surface area (Å²) in [7, 11) is -3.88. The molecule has 0 bridgehead atoms. The molecule has 0 heterocycles. The van der Waals surface area contributed by atoms with E-state index in [0.29, 0.717) is 16.1 Å². The van der Waals surface area contributed by atoms with E-state index in [-0.39, 0.29) is 17.3 Å². The van der Waals surface area contributed by atoms with Crippen LogP contribution in [0, 0.1) is 0 Å². The number of hydrogen-bond donors (Lipinski definition) is 3. The lowest BCUT2D eigenvalue weighted by atomic mass is 10.2. The quantitative estimate of drug-likeness (QED) is 0.673. The fourth-order valence-corrected chi connectivity index (χ4v) is 3.01. The summed E-state index contributed by atoms with van der Waals surface area (Å²) in [6, 6.07) is 12.2. The van der Waals surface area contributed by atoms with Crippen molar-refractivity contribution in [2.45, 2.75) is 11.4 Å². The molecule has 0 saturated carbocycles. The van der Waals surface area contributed by atoms with Crippen LogP contribution in [0.4, 0.5) is 0 Å². The standard InChI is InChI=1S/C16H15ClN2O5S/c17-13-5-3-12(4-6-13)16(22)18-9-11-1-7-14(8-2-11)25(23,24)19-10-15(20)21/h1-8,19H,9-10H2,(H,18,22)(H,20,21). The van der Waals surface area contributed by atoms with Gasteiger partial charge in [0.15, 0.2) is 0 Å². The fourth-order valence-electron chi connectivity index (χ4n) is 1.91. The molecule has 0 atom stereocenters. The molecule has 7 nitrogen and oxygen atoms in total. The summed E-state index contributed by atoms with van der Waals surface area (Å²) in [4.78, 5) is 22.4. The number of benzene rings is 2. The van der Waals surface area contributed by atoms with Gasteiger partial charge in [0.05, 0.1) is 4.90 Å². The number of amides is 1. The van der Waals surface area contributed by atoms with Crippen molar-refractivity contribution in [2.75, 3.05) is 6.54 Å². The Labute approximate surface area is 149 Å². The van der Waals surface area contributed by atoms with Crippen LogP contribution in [0.25, 0.3) is 0 Å². The summed E-state index contributed by atoms with van der Waals surface area (Å²) in [6.07, 6.45) is 0. The number of hydrogen-bond acceptors (Lipinski definition) is 4. The molecule has 9 heteroatoms. The maximum Gasteiger partial charge on any atom is 0.318 e. The molecule has 2 aromatic carbocycles. The van der Waals surface area contributed by atoms with Gasteiger partial charge >= 0.3 is 5.97 Å². The van der Waals surface area contributed by atoms with Gasteiger partial charge in [-0.25, -0.2) is 8.42 Å². The Balaban J connectivity index is 1.97. The molecule has 0 fully saturated rings. The van der Waals surface area contributed by atoms with E-state index in [4.69, 9.17) is 16.7 Å². The van der Waals surface area contributed by atoms with Crippen molar-refractivity contribution in [3.8, 4) is 0 Å². The second kappa shape index (κ2) is 8.11. The first-order chi connectivity index (χ1) is 11.8. The van der Waals surface area contributed by atoms with Crippen LogP contribution in [0.5, 0.6) is 0 Å². The zero-order valence-corrected chi connectivity index (χ0v) is 14.5. The van der Waals surface area contributed by atoms with Gasteiger partial charge in [-0.2, -0.15) is 4.72 Å². The first-order valence-corrected chi connectivity index (χ1v) is 8.98. The van der Waals surface area contributed by atoms with Crippen molar-refractivity contribution in [1.82, 2.24) is 10.0 Å². The highest BCUT2D eigenvalue weighted by Gasteiger charge is 2.15. The minimum absolute atomic E-state index is 0.0541. The molecule has 2 aromatic rings. The lowest BCUT2D eigenvalue weighted by Crippen LogP contribution is -2.29. The molecule has 25 heavy (non-hydrogen) atoms. The highest BCUT2D eigenvalue weighted by molar-refractivity contribution is 7.89. The van der Waals surface area contributed by atoms with Crippen LogP contribution in [-0.2, 0) is 21.4 Å². The molecule has 0 aliphatic heterocycles. The zero-order chi connectivity index (χ0) is 18.4. The minimum Gasteiger partial charge on any atom is -0.480 e. The lowest BCUT2D eigenvalue weighted by molar-refractivity contribution is -0.135. The molecular formula is C16H15ClN2O5S. The second-order valence-corrected chi connectivity index (χ2v) is 7.26. The summed E-state index contributed by atoms with van der Waals surface area (Å²) in [5.41, 5.74) is 1.15. The maximum atomic E-state index is 12.0. The van der Waals surface area contributed by atoms with Crippen molar-refractivity contribution in [3.63, 3.8) is 0 Å². The number of halogens is 1. The smallest absolute Gasteiger partial charge is 0.318 e. The second-order valence-electron chi connectivity index (χ2n) is 5.05. The van der Waals surface area contributed by atoms with E-state index in [1.807, 2.05) is 4.72 Å². The van der Waals surface area contributed by atoms with Crippen LogP contribution in [0.15, 0.2) is 53.4 Å². The third-order valence-electron chi connectivity index (χ3n) is 3.21. The van der Waals surface area contributed by atoms with Crippen molar-refractivity contribution in [3.05, 3.63) is 64.7 Å². The number of aliphatic carboxylic acids is 1. The largest absolute Gasteiger partial charge is 0.480 e. The molecule has 0 aliphatic carbocycles. The Bertz CT molecular complexity index is 864. The van der Waals surface area contributed by atoms with Gasteiger partial charge in [-0.15, -0.1) is 0 Å². The maximum absolute atomic E-state index is 12.0. The van der Waals surface area contributed by atoms with Crippen LogP contribution < -0.4 is 10.0 Å². The first kappa shape index (κ1) is 18.9. The normalized spacial score (nSPS) is 11.1. The van der Waals surface area contributed by atoms with Gasteiger partial charge < -0.3 is 10.4 Å². The van der Waals surface area contributed by atoms with Crippen molar-refractivity contribution in [1.29, 1.82) is 0 Å². The number of carbonyl (C=O) groups excluding carboxylic acids is 1. The predicted molar refractivity (Wildman–Crippen MR) is 91.9 cm³/mol. The average molecular weight is 383 g/mol. The van der Waals surface area contributed by atoms with Crippen LogP contribution >= 0.6 is 11.6 Å². The van der Waals surface area contributed by atoms with Crippen LogP contribution in [0.1, 0.15) is 15.9 Å². The number of carbonyl (C=O) groups is 2. The summed E-state index contributed by atoms with van der Waals surface area (Å²) < 4.78 is 25.7. The molecule has 3 N–H and O–H groups in total. The van der Waals surface area contributed by atoms with Gasteiger partial charge in [0.25, 0.3) is 5.91 Å². The minimum atomic E-state index is -3.88. The van der Waals surface area contributed by atoms with E-state index in [0.717, 1.165) is 0 Å². The number of nitrogens with one attached hydrogen (secondary N) is 2. The summed E-state index contributed by atoms with van der Waals surface area (Å²) in [5, 5.41) is 11.8. The Hall–Kier alpha value is -2.42. The van der Waals surface area contributed by atoms with Gasteiger partial charge in [-0.1, -0.05) is 23.7 Å². The Morgan fingerprint density at radius 1 is 1.00 bits per heavy atom. The monoisotopic (exact) mass is 382 g/mol. The summed E-state index contributed by atoms with van der Waals surface area (Å²) in [5.74, 6) is -1.55. The number of rotatable bonds is 7. The number of sulfonamides is 1. The topological polar surface area (TPSA) is 113 Å². The molecule has 132 valence electrons. The van der Waals surface area contributed by atoms with E-state index in [9.17, 15) is 18.0 Å². The number of carboxylic acid groups (broad SMARTS) is 1. The van der Waals surface area contributed by atoms with E-state index in [1.165, 1.54) is 24.3 Å². The average Bonchev–Trinajstić information content (AvgIpc) is 2.59. The van der Waals surface area contributed by atoms with E-state index >= 15 is 0 Å². The first-order valence-electron chi connectivity index (χ1n) is 7.12. The van der Waals surface area contributed by atoms with Crippen molar-refractivity contribution in [2.24, 2.45) is 0 Å². The molecule has 0 aromatic heterocycles. The fraction of sp³-hybridized carbons (Fsp3) is 0.125. The SMILES string of the molecule is O=C(O)CNS(=O)(=O)c1ccc(CNC(=O)c2ccc(Cl)cc2)cc1. The van der Waals surface area contributed by atoms with Gasteiger partial charge in [-0.3, -0.25) is 9.59 Å². The predicted octanol–water partition coefficient (Wildman–Crippen LogP) is 1.63. The molecule has 0 spiro atoms. The summed E-state index contributed by atoms with van der Waals surface area (Å²) in [6.45, 7) is -0.481. The third kappa shape index (κ3) is 5.56. The van der Waals surface area contributed by atoms with Crippen LogP contribution in [-0.4, -0.2) is 31.9 Å². The van der Waals surface area contributed by atoms with Crippen LogP contribution in [0.3, 0.4) is 0 Å². The van der Waals surface area contributed by atoms with E-state index in [2.05, 4.69) is 5.32 Å². The molecule has 1 amide bonds. The molecule has 0 aliphatic rings. The van der Waals surface area contributed by atoms with Gasteiger partial charge in [0, 0.05) is 17.1 Å². The Kier molecular flexibility index (Phi) is 6.13. The Morgan fingerprint density at radius 3 is 2.16 bits per heavy atom. The molecule has 0 radical (unpaired) electrons. The molecule has 0 saturated heterocycles. The molecular weight excluding hydrogens is 368 g/mol. The molecule has 2 rings (SSSR count). The van der Waals surface area contributed by atoms with Crippen molar-refractivity contribution < 1.29 is 23.1 Å². The zero-order valence-electron chi connectivity index (χ0n) is 12.9. The van der Waals surface area contributed by atoms with E-state index < -0.39 is 22.5 Å². The molecule has 0 unspecified atom stereocenters. The van der Waals surface area contributed by atoms with Gasteiger partial charge in [-0.05, 0) is 42.0 Å². The Morgan fingerprint density at radius 2 is 1.60 bits per heavy atom. The van der Waals surface area contributed by atoms with Crippen molar-refractivity contribution >= 4 is 33.5 Å². The number of carboxylic acids is 1. The van der Waals surface area contributed by atoms with E-state index in [1.54, 1.807) is 24.3 Å². The summed E-state index contributed by atoms with van der Waals surface area (Å²) >= 11 is 5.76. The van der Waals surface area contributed by atoms with Gasteiger partial charge in [0.1, 0.15) is 6.54 Å². The lowest BCUT2D eigenvalue weighted by Gasteiger charge is -2.08. The highest BCUT2D eigenvalue weighted by Crippen LogP contribution is 2.12. The highest BCUT2D eigenvalue weighted by atomic mass is 35.5. The third-order valence-corrected chi connectivity index (χ3v) is 4.88.